The second-order valence-corrected chi connectivity index (χ2v) is 12.1. The van der Waals surface area contributed by atoms with E-state index in [-0.39, 0.29) is 77.9 Å². The summed E-state index contributed by atoms with van der Waals surface area (Å²) in [4.78, 5) is 20.4. The van der Waals surface area contributed by atoms with Gasteiger partial charge in [0.05, 0.1) is 0 Å². The molecule has 0 N–H and O–H groups in total. The fraction of sp³-hybridized carbons (Fsp3) is 0.944. The molecular formula is C36H70CaO4Pb+2. The summed E-state index contributed by atoms with van der Waals surface area (Å²) >= 11 is 0. The Kier molecular flexibility index (Phi) is 55.4. The van der Waals surface area contributed by atoms with Gasteiger partial charge in [-0.3, -0.25) is 0 Å². The molecule has 0 bridgehead atoms. The molecule has 0 aliphatic heterocycles. The van der Waals surface area contributed by atoms with Gasteiger partial charge < -0.3 is 19.8 Å². The molecule has 0 saturated carbocycles. The van der Waals surface area contributed by atoms with E-state index in [0.29, 0.717) is 0 Å². The predicted octanol–water partition coefficient (Wildman–Crippen LogP) is 9.23. The Labute approximate surface area is 313 Å². The molecule has 0 unspecified atom stereocenters. The summed E-state index contributed by atoms with van der Waals surface area (Å²) in [6.07, 6.45) is 39.7. The molecule has 0 atom stereocenters. The molecule has 2 radical (unpaired) electrons. The molecule has 0 rings (SSSR count). The number of carboxylic acid groups (broad SMARTS) is 2. The molecule has 4 nitrogen and oxygen atoms in total. The van der Waals surface area contributed by atoms with Crippen molar-refractivity contribution in [2.45, 2.75) is 219 Å². The van der Waals surface area contributed by atoms with Crippen molar-refractivity contribution in [1.29, 1.82) is 0 Å². The SMILES string of the molecule is CCCCCCCCCCCCCCCCCC(=O)[O-].CCCCCCCCCCCCCCCCCC(=O)[O-].[Ca+2].[Pb+2]. The van der Waals surface area contributed by atoms with Gasteiger partial charge in [0, 0.05) is 11.9 Å². The van der Waals surface area contributed by atoms with E-state index < -0.39 is 11.9 Å². The average molecular weight is 814 g/mol. The first-order valence-corrected chi connectivity index (χ1v) is 17.9. The maximum absolute atomic E-state index is 10.2. The van der Waals surface area contributed by atoms with Crippen molar-refractivity contribution >= 4 is 77.0 Å². The standard InChI is InChI=1S/2C18H36O2.Ca.Pb/c2*1-2-3-4-5-6-7-8-9-10-11-12-13-14-15-16-17-18(19)20;;/h2*2-17H2,1H3,(H,19,20);;/q;;2*+2/p-2. The zero-order chi connectivity index (χ0) is 29.8. The third kappa shape index (κ3) is 53.7. The Bertz CT molecular complexity index is 461. The van der Waals surface area contributed by atoms with Crippen LogP contribution in [0.4, 0.5) is 0 Å². The summed E-state index contributed by atoms with van der Waals surface area (Å²) in [5, 5.41) is 20.4. The number of rotatable bonds is 32. The van der Waals surface area contributed by atoms with Gasteiger partial charge in [0.2, 0.25) is 0 Å². The first-order chi connectivity index (χ1) is 19.5. The number of carbonyl (C=O) groups excluding carboxylic acids is 2. The number of carboxylic acids is 2. The van der Waals surface area contributed by atoms with Gasteiger partial charge in [-0.05, 0) is 25.7 Å². The number of hydrogen-bond acceptors (Lipinski definition) is 4. The first kappa shape index (κ1) is 50.0. The minimum absolute atomic E-state index is 0. The molecule has 0 heterocycles. The molecule has 242 valence electrons. The minimum Gasteiger partial charge on any atom is -0.550 e. The maximum Gasteiger partial charge on any atom is 2.00 e. The van der Waals surface area contributed by atoms with Crippen LogP contribution in [0.3, 0.4) is 0 Å². The molecular weight excluding hydrogens is 744 g/mol. The van der Waals surface area contributed by atoms with Gasteiger partial charge in [-0.25, -0.2) is 0 Å². The molecule has 0 aliphatic rings. The summed E-state index contributed by atoms with van der Waals surface area (Å²) in [7, 11) is 0. The smallest absolute Gasteiger partial charge is 0.550 e. The van der Waals surface area contributed by atoms with E-state index in [1.165, 1.54) is 167 Å². The fourth-order valence-electron chi connectivity index (χ4n) is 5.28. The van der Waals surface area contributed by atoms with Crippen molar-refractivity contribution in [3.05, 3.63) is 0 Å². The molecule has 0 aromatic carbocycles. The topological polar surface area (TPSA) is 80.3 Å². The zero-order valence-electron chi connectivity index (χ0n) is 28.5. The third-order valence-electron chi connectivity index (χ3n) is 7.97. The van der Waals surface area contributed by atoms with Gasteiger partial charge >= 0.3 is 65.0 Å². The minimum atomic E-state index is -0.903. The summed E-state index contributed by atoms with van der Waals surface area (Å²) in [6, 6.07) is 0. The number of carbonyl (C=O) groups is 2. The molecule has 0 aliphatic carbocycles. The van der Waals surface area contributed by atoms with Crippen LogP contribution in [0.2, 0.25) is 0 Å². The van der Waals surface area contributed by atoms with Crippen LogP contribution in [0.1, 0.15) is 219 Å². The van der Waals surface area contributed by atoms with Gasteiger partial charge in [-0.2, -0.15) is 0 Å². The summed E-state index contributed by atoms with van der Waals surface area (Å²) < 4.78 is 0. The van der Waals surface area contributed by atoms with Crippen molar-refractivity contribution in [2.75, 3.05) is 0 Å². The molecule has 42 heavy (non-hydrogen) atoms. The van der Waals surface area contributed by atoms with E-state index in [2.05, 4.69) is 13.8 Å². The quantitative estimate of drug-likeness (QED) is 0.0502. The summed E-state index contributed by atoms with van der Waals surface area (Å²) in [5.74, 6) is -1.81. The fourth-order valence-corrected chi connectivity index (χ4v) is 5.28. The van der Waals surface area contributed by atoms with Crippen LogP contribution in [0.25, 0.3) is 0 Å². The van der Waals surface area contributed by atoms with Crippen LogP contribution in [0, 0.1) is 0 Å². The van der Waals surface area contributed by atoms with Gasteiger partial charge in [-0.1, -0.05) is 194 Å². The normalized spacial score (nSPS) is 10.3. The molecule has 0 fully saturated rings. The van der Waals surface area contributed by atoms with Crippen molar-refractivity contribution in [3.8, 4) is 0 Å². The molecule has 0 aromatic rings. The molecule has 0 aromatic heterocycles. The van der Waals surface area contributed by atoms with Gasteiger partial charge in [0.1, 0.15) is 0 Å². The van der Waals surface area contributed by atoms with Crippen LogP contribution >= 0.6 is 0 Å². The molecule has 6 heteroatoms. The number of aliphatic carboxylic acids is 2. The van der Waals surface area contributed by atoms with Crippen molar-refractivity contribution < 1.29 is 19.8 Å². The Morgan fingerprint density at radius 1 is 0.333 bits per heavy atom. The Morgan fingerprint density at radius 3 is 0.619 bits per heavy atom. The van der Waals surface area contributed by atoms with E-state index in [1.54, 1.807) is 0 Å². The van der Waals surface area contributed by atoms with E-state index in [9.17, 15) is 19.8 Å². The van der Waals surface area contributed by atoms with Gasteiger partial charge in [-0.15, -0.1) is 0 Å². The molecule has 0 saturated heterocycles. The second kappa shape index (κ2) is 46.5. The van der Waals surface area contributed by atoms with Crippen LogP contribution in [-0.4, -0.2) is 77.0 Å². The Morgan fingerprint density at radius 2 is 0.476 bits per heavy atom. The molecule has 0 amide bonds. The average Bonchev–Trinajstić information content (AvgIpc) is 2.93. The number of hydrogen-bond donors (Lipinski definition) is 0. The summed E-state index contributed by atoms with van der Waals surface area (Å²) in [6.45, 7) is 4.53. The van der Waals surface area contributed by atoms with Crippen LogP contribution in [0.15, 0.2) is 0 Å². The maximum atomic E-state index is 10.2. The van der Waals surface area contributed by atoms with Crippen LogP contribution in [0.5, 0.6) is 0 Å². The van der Waals surface area contributed by atoms with Gasteiger partial charge in [0.15, 0.2) is 0 Å². The Balaban J connectivity index is -0.000000328. The van der Waals surface area contributed by atoms with Gasteiger partial charge in [0.25, 0.3) is 0 Å². The van der Waals surface area contributed by atoms with Crippen LogP contribution < -0.4 is 10.2 Å². The first-order valence-electron chi connectivity index (χ1n) is 17.9. The monoisotopic (exact) mass is 814 g/mol. The van der Waals surface area contributed by atoms with Crippen LogP contribution in [-0.2, 0) is 9.59 Å². The largest absolute Gasteiger partial charge is 2.00 e. The van der Waals surface area contributed by atoms with E-state index >= 15 is 0 Å². The van der Waals surface area contributed by atoms with E-state index in [4.69, 9.17) is 0 Å². The predicted molar refractivity (Wildman–Crippen MR) is 181 cm³/mol. The number of unbranched alkanes of at least 4 members (excludes halogenated alkanes) is 28. The van der Waals surface area contributed by atoms with Crippen molar-refractivity contribution in [3.63, 3.8) is 0 Å². The van der Waals surface area contributed by atoms with Crippen molar-refractivity contribution in [1.82, 2.24) is 0 Å². The van der Waals surface area contributed by atoms with Crippen molar-refractivity contribution in [2.24, 2.45) is 0 Å². The third-order valence-corrected chi connectivity index (χ3v) is 7.97. The Hall–Kier alpha value is 1.12. The second-order valence-electron chi connectivity index (χ2n) is 12.1. The van der Waals surface area contributed by atoms with E-state index in [0.717, 1.165) is 25.7 Å². The van der Waals surface area contributed by atoms with E-state index in [1.807, 2.05) is 0 Å². The zero-order valence-corrected chi connectivity index (χ0v) is 34.6. The summed E-state index contributed by atoms with van der Waals surface area (Å²) in [5.41, 5.74) is 0. The molecule has 0 spiro atoms.